The second-order valence-corrected chi connectivity index (χ2v) is 7.53. The van der Waals surface area contributed by atoms with Crippen molar-refractivity contribution in [2.75, 3.05) is 7.11 Å². The van der Waals surface area contributed by atoms with Crippen LogP contribution in [0.3, 0.4) is 0 Å². The van der Waals surface area contributed by atoms with Crippen LogP contribution in [-0.2, 0) is 19.6 Å². The van der Waals surface area contributed by atoms with E-state index in [1.165, 1.54) is 31.5 Å². The zero-order valence-electron chi connectivity index (χ0n) is 14.0. The molecule has 0 aliphatic heterocycles. The van der Waals surface area contributed by atoms with E-state index in [4.69, 9.17) is 9.88 Å². The standard InChI is InChI=1S/C18H17FN2O4S/c1-25-18(22)13-8-15(11-2-5-14(19)6-3-11)16(9-13)12-4-7-17(21-10-12)26(20,23)24/h2-7,10,13H,8-9H2,1H3,(H2,20,23,24). The largest absolute Gasteiger partial charge is 0.469 e. The molecule has 1 aromatic carbocycles. The molecule has 1 atom stereocenters. The smallest absolute Gasteiger partial charge is 0.309 e. The molecule has 26 heavy (non-hydrogen) atoms. The molecule has 8 heteroatoms. The zero-order chi connectivity index (χ0) is 18.9. The number of sulfonamides is 1. The molecule has 0 amide bonds. The number of halogens is 1. The molecule has 1 heterocycles. The van der Waals surface area contributed by atoms with Crippen molar-refractivity contribution in [3.05, 3.63) is 59.5 Å². The number of hydrogen-bond donors (Lipinski definition) is 1. The predicted molar refractivity (Wildman–Crippen MR) is 93.6 cm³/mol. The van der Waals surface area contributed by atoms with Crippen LogP contribution in [0, 0.1) is 11.7 Å². The quantitative estimate of drug-likeness (QED) is 0.826. The molecule has 0 saturated carbocycles. The predicted octanol–water partition coefficient (Wildman–Crippen LogP) is 2.36. The molecular weight excluding hydrogens is 359 g/mol. The first-order chi connectivity index (χ1) is 12.3. The summed E-state index contributed by atoms with van der Waals surface area (Å²) in [6.45, 7) is 0. The number of nitrogens with two attached hydrogens (primary N) is 1. The van der Waals surface area contributed by atoms with Gasteiger partial charge in [-0.3, -0.25) is 4.79 Å². The van der Waals surface area contributed by atoms with Gasteiger partial charge >= 0.3 is 5.97 Å². The molecule has 0 fully saturated rings. The lowest BCUT2D eigenvalue weighted by molar-refractivity contribution is -0.144. The number of aromatic nitrogens is 1. The van der Waals surface area contributed by atoms with Crippen molar-refractivity contribution in [3.63, 3.8) is 0 Å². The number of rotatable bonds is 4. The minimum atomic E-state index is -3.88. The van der Waals surface area contributed by atoms with Gasteiger partial charge in [-0.1, -0.05) is 18.2 Å². The SMILES string of the molecule is COC(=O)C1CC(c2ccc(F)cc2)=C(c2ccc(S(N)(=O)=O)nc2)C1. The minimum Gasteiger partial charge on any atom is -0.469 e. The van der Waals surface area contributed by atoms with Gasteiger partial charge in [-0.05, 0) is 53.3 Å². The van der Waals surface area contributed by atoms with Crippen LogP contribution in [0.15, 0.2) is 47.6 Å². The summed E-state index contributed by atoms with van der Waals surface area (Å²) in [4.78, 5) is 15.9. The highest BCUT2D eigenvalue weighted by atomic mass is 32.2. The number of nitrogens with zero attached hydrogens (tertiary/aromatic N) is 1. The monoisotopic (exact) mass is 376 g/mol. The number of benzene rings is 1. The maximum atomic E-state index is 13.2. The van der Waals surface area contributed by atoms with E-state index in [1.807, 2.05) is 0 Å². The number of carbonyl (C=O) groups is 1. The van der Waals surface area contributed by atoms with E-state index in [0.717, 1.165) is 16.7 Å². The summed E-state index contributed by atoms with van der Waals surface area (Å²) in [6.07, 6.45) is 2.29. The van der Waals surface area contributed by atoms with Crippen LogP contribution < -0.4 is 5.14 Å². The molecule has 0 bridgehead atoms. The van der Waals surface area contributed by atoms with Crippen LogP contribution in [0.4, 0.5) is 4.39 Å². The van der Waals surface area contributed by atoms with E-state index < -0.39 is 10.0 Å². The topological polar surface area (TPSA) is 99.4 Å². The Morgan fingerprint density at radius 1 is 1.12 bits per heavy atom. The molecule has 1 aliphatic rings. The van der Waals surface area contributed by atoms with Crippen molar-refractivity contribution in [1.82, 2.24) is 4.98 Å². The number of esters is 1. The van der Waals surface area contributed by atoms with Gasteiger partial charge in [-0.25, -0.2) is 22.9 Å². The lowest BCUT2D eigenvalue weighted by Gasteiger charge is -2.08. The summed E-state index contributed by atoms with van der Waals surface area (Å²) in [5.41, 5.74) is 3.21. The molecule has 2 aromatic rings. The van der Waals surface area contributed by atoms with E-state index in [-0.39, 0.29) is 22.7 Å². The first kappa shape index (κ1) is 18.2. The Balaban J connectivity index is 2.04. The van der Waals surface area contributed by atoms with Gasteiger partial charge in [0.1, 0.15) is 5.82 Å². The fourth-order valence-electron chi connectivity index (χ4n) is 3.11. The Hall–Kier alpha value is -2.58. The van der Waals surface area contributed by atoms with Crippen LogP contribution in [-0.4, -0.2) is 26.5 Å². The van der Waals surface area contributed by atoms with Gasteiger partial charge in [0, 0.05) is 6.20 Å². The Morgan fingerprint density at radius 3 is 2.19 bits per heavy atom. The number of pyridine rings is 1. The van der Waals surface area contributed by atoms with E-state index >= 15 is 0 Å². The van der Waals surface area contributed by atoms with E-state index in [0.29, 0.717) is 18.4 Å². The number of allylic oxidation sites excluding steroid dienone is 2. The van der Waals surface area contributed by atoms with Crippen LogP contribution in [0.5, 0.6) is 0 Å². The van der Waals surface area contributed by atoms with E-state index in [9.17, 15) is 17.6 Å². The molecule has 136 valence electrons. The first-order valence-corrected chi connectivity index (χ1v) is 9.39. The minimum absolute atomic E-state index is 0.229. The fraction of sp³-hybridized carbons (Fsp3) is 0.222. The summed E-state index contributed by atoms with van der Waals surface area (Å²) in [7, 11) is -2.55. The first-order valence-electron chi connectivity index (χ1n) is 7.84. The van der Waals surface area contributed by atoms with Crippen molar-refractivity contribution < 1.29 is 22.3 Å². The summed E-state index contributed by atoms with van der Waals surface area (Å²) < 4.78 is 40.8. The van der Waals surface area contributed by atoms with Gasteiger partial charge in [0.05, 0.1) is 13.0 Å². The van der Waals surface area contributed by atoms with Gasteiger partial charge in [0.15, 0.2) is 5.03 Å². The number of carbonyl (C=O) groups excluding carboxylic acids is 1. The third-order valence-corrected chi connectivity index (χ3v) is 5.19. The van der Waals surface area contributed by atoms with Crippen LogP contribution >= 0.6 is 0 Å². The van der Waals surface area contributed by atoms with Crippen LogP contribution in [0.2, 0.25) is 0 Å². The van der Waals surface area contributed by atoms with Gasteiger partial charge in [0.2, 0.25) is 0 Å². The summed E-state index contributed by atoms with van der Waals surface area (Å²) in [5.74, 6) is -1.03. The molecular formula is C18H17FN2O4S. The molecule has 6 nitrogen and oxygen atoms in total. The zero-order valence-corrected chi connectivity index (χ0v) is 14.8. The van der Waals surface area contributed by atoms with Crippen molar-refractivity contribution in [1.29, 1.82) is 0 Å². The number of primary sulfonamides is 1. The van der Waals surface area contributed by atoms with Crippen molar-refractivity contribution >= 4 is 27.1 Å². The molecule has 1 aromatic heterocycles. The highest BCUT2D eigenvalue weighted by molar-refractivity contribution is 7.89. The average Bonchev–Trinajstić information content (AvgIpc) is 3.06. The Morgan fingerprint density at radius 2 is 1.69 bits per heavy atom. The van der Waals surface area contributed by atoms with Crippen LogP contribution in [0.25, 0.3) is 11.1 Å². The van der Waals surface area contributed by atoms with Crippen LogP contribution in [0.1, 0.15) is 24.0 Å². The fourth-order valence-corrected chi connectivity index (χ4v) is 3.56. The van der Waals surface area contributed by atoms with E-state index in [1.54, 1.807) is 18.2 Å². The molecule has 2 N–H and O–H groups in total. The van der Waals surface area contributed by atoms with Crippen molar-refractivity contribution in [3.8, 4) is 0 Å². The highest BCUT2D eigenvalue weighted by Crippen LogP contribution is 2.43. The molecule has 1 aliphatic carbocycles. The second-order valence-electron chi connectivity index (χ2n) is 6.02. The molecule has 3 rings (SSSR count). The van der Waals surface area contributed by atoms with Gasteiger partial charge in [-0.15, -0.1) is 0 Å². The Labute approximate surface area is 150 Å². The highest BCUT2D eigenvalue weighted by Gasteiger charge is 2.31. The summed E-state index contributed by atoms with van der Waals surface area (Å²) >= 11 is 0. The van der Waals surface area contributed by atoms with Gasteiger partial charge in [0.25, 0.3) is 10.0 Å². The molecule has 0 saturated heterocycles. The maximum absolute atomic E-state index is 13.2. The van der Waals surface area contributed by atoms with Gasteiger partial charge in [-0.2, -0.15) is 0 Å². The lowest BCUT2D eigenvalue weighted by atomic mass is 9.98. The third-order valence-electron chi connectivity index (χ3n) is 4.37. The molecule has 0 radical (unpaired) electrons. The number of ether oxygens (including phenoxy) is 1. The second kappa shape index (κ2) is 6.97. The molecule has 1 unspecified atom stereocenters. The van der Waals surface area contributed by atoms with Crippen molar-refractivity contribution in [2.24, 2.45) is 11.1 Å². The third kappa shape index (κ3) is 3.66. The summed E-state index contributed by atoms with van der Waals surface area (Å²) in [6, 6.07) is 8.94. The van der Waals surface area contributed by atoms with E-state index in [2.05, 4.69) is 4.98 Å². The molecule has 0 spiro atoms. The maximum Gasteiger partial charge on any atom is 0.309 e. The van der Waals surface area contributed by atoms with Gasteiger partial charge < -0.3 is 4.74 Å². The lowest BCUT2D eigenvalue weighted by Crippen LogP contribution is -2.14. The Kier molecular flexibility index (Phi) is 4.88. The Bertz CT molecular complexity index is 967. The van der Waals surface area contributed by atoms with Crippen molar-refractivity contribution in [2.45, 2.75) is 17.9 Å². The number of methoxy groups -OCH3 is 1. The number of hydrogen-bond acceptors (Lipinski definition) is 5. The normalized spacial score (nSPS) is 17.4. The average molecular weight is 376 g/mol. The summed E-state index contributed by atoms with van der Waals surface area (Å²) in [5, 5.41) is 4.84.